The largest absolute Gasteiger partial charge is 0.492 e. The minimum absolute atomic E-state index is 0.509. The summed E-state index contributed by atoms with van der Waals surface area (Å²) >= 11 is 12.4. The first-order chi connectivity index (χ1) is 14.5. The Morgan fingerprint density at radius 3 is 2.57 bits per heavy atom. The highest BCUT2D eigenvalue weighted by molar-refractivity contribution is 6.35. The van der Waals surface area contributed by atoms with Crippen LogP contribution in [0.15, 0.2) is 60.8 Å². The van der Waals surface area contributed by atoms with E-state index in [0.717, 1.165) is 40.1 Å². The van der Waals surface area contributed by atoms with Gasteiger partial charge in [-0.25, -0.2) is 9.67 Å². The molecular weight excluding hydrogens is 419 g/mol. The summed E-state index contributed by atoms with van der Waals surface area (Å²) in [5, 5.41) is 7.06. The van der Waals surface area contributed by atoms with Gasteiger partial charge in [-0.15, -0.1) is 0 Å². The highest BCUT2D eigenvalue weighted by Gasteiger charge is 2.14. The lowest BCUT2D eigenvalue weighted by Gasteiger charge is -2.11. The minimum Gasteiger partial charge on any atom is -0.492 e. The quantitative estimate of drug-likeness (QED) is 0.386. The molecule has 4 rings (SSSR count). The average Bonchev–Trinajstić information content (AvgIpc) is 3.09. The third-order valence-electron chi connectivity index (χ3n) is 4.78. The molecule has 2 heterocycles. The molecule has 0 bridgehead atoms. The molecule has 0 atom stereocenters. The number of benzene rings is 2. The van der Waals surface area contributed by atoms with Crippen LogP contribution in [0.3, 0.4) is 0 Å². The highest BCUT2D eigenvalue weighted by atomic mass is 35.5. The predicted molar refractivity (Wildman–Crippen MR) is 123 cm³/mol. The SMILES string of the molecule is CN(C)CCOc1ccc(-c2nn(Cc3ccc(Cl)cc3Cl)c3ncccc23)cc1. The summed E-state index contributed by atoms with van der Waals surface area (Å²) in [6, 6.07) is 17.5. The van der Waals surface area contributed by atoms with Gasteiger partial charge in [-0.3, -0.25) is 0 Å². The third-order valence-corrected chi connectivity index (χ3v) is 5.36. The summed E-state index contributed by atoms with van der Waals surface area (Å²) in [4.78, 5) is 6.64. The monoisotopic (exact) mass is 440 g/mol. The van der Waals surface area contributed by atoms with Crippen molar-refractivity contribution < 1.29 is 4.74 Å². The number of nitrogens with zero attached hydrogens (tertiary/aromatic N) is 4. The van der Waals surface area contributed by atoms with Crippen molar-refractivity contribution in [3.63, 3.8) is 0 Å². The summed E-state index contributed by atoms with van der Waals surface area (Å²) in [5.41, 5.74) is 3.63. The second-order valence-electron chi connectivity index (χ2n) is 7.29. The summed E-state index contributed by atoms with van der Waals surface area (Å²) in [5.74, 6) is 0.843. The van der Waals surface area contributed by atoms with Crippen LogP contribution < -0.4 is 4.74 Å². The molecule has 0 saturated carbocycles. The smallest absolute Gasteiger partial charge is 0.158 e. The van der Waals surface area contributed by atoms with Gasteiger partial charge in [0.05, 0.1) is 6.54 Å². The topological polar surface area (TPSA) is 43.2 Å². The van der Waals surface area contributed by atoms with Crippen LogP contribution in [0.2, 0.25) is 10.0 Å². The lowest BCUT2D eigenvalue weighted by molar-refractivity contribution is 0.261. The van der Waals surface area contributed by atoms with Crippen molar-refractivity contribution in [1.82, 2.24) is 19.7 Å². The predicted octanol–water partition coefficient (Wildman–Crippen LogP) is 5.39. The molecule has 0 fully saturated rings. The van der Waals surface area contributed by atoms with Crippen molar-refractivity contribution >= 4 is 34.2 Å². The zero-order chi connectivity index (χ0) is 21.1. The zero-order valence-corrected chi connectivity index (χ0v) is 18.4. The number of fused-ring (bicyclic) bond motifs is 1. The van der Waals surface area contributed by atoms with Crippen molar-refractivity contribution in [2.75, 3.05) is 27.2 Å². The van der Waals surface area contributed by atoms with Gasteiger partial charge in [0.1, 0.15) is 18.1 Å². The molecule has 0 N–H and O–H groups in total. The van der Waals surface area contributed by atoms with Gasteiger partial charge in [-0.1, -0.05) is 29.3 Å². The fourth-order valence-corrected chi connectivity index (χ4v) is 3.67. The van der Waals surface area contributed by atoms with Crippen LogP contribution in [0.4, 0.5) is 0 Å². The van der Waals surface area contributed by atoms with Crippen LogP contribution in [0.1, 0.15) is 5.56 Å². The lowest BCUT2D eigenvalue weighted by atomic mass is 10.1. The van der Waals surface area contributed by atoms with Gasteiger partial charge in [0.25, 0.3) is 0 Å². The van der Waals surface area contributed by atoms with Crippen molar-refractivity contribution in [2.45, 2.75) is 6.54 Å². The van der Waals surface area contributed by atoms with E-state index in [1.54, 1.807) is 12.3 Å². The van der Waals surface area contributed by atoms with Gasteiger partial charge < -0.3 is 9.64 Å². The first kappa shape index (κ1) is 20.7. The molecule has 0 saturated heterocycles. The van der Waals surface area contributed by atoms with Crippen molar-refractivity contribution in [1.29, 1.82) is 0 Å². The van der Waals surface area contributed by atoms with E-state index in [4.69, 9.17) is 33.0 Å². The van der Waals surface area contributed by atoms with Gasteiger partial charge in [0, 0.05) is 33.7 Å². The summed E-state index contributed by atoms with van der Waals surface area (Å²) in [6.45, 7) is 2.03. The molecule has 154 valence electrons. The van der Waals surface area contributed by atoms with E-state index in [9.17, 15) is 0 Å². The molecule has 30 heavy (non-hydrogen) atoms. The highest BCUT2D eigenvalue weighted by Crippen LogP contribution is 2.29. The van der Waals surface area contributed by atoms with E-state index in [0.29, 0.717) is 23.2 Å². The van der Waals surface area contributed by atoms with Crippen LogP contribution in [0, 0.1) is 0 Å². The molecule has 5 nitrogen and oxygen atoms in total. The van der Waals surface area contributed by atoms with E-state index in [1.165, 1.54) is 0 Å². The van der Waals surface area contributed by atoms with E-state index in [1.807, 2.05) is 67.3 Å². The van der Waals surface area contributed by atoms with Gasteiger partial charge in [0.15, 0.2) is 5.65 Å². The van der Waals surface area contributed by atoms with Crippen LogP contribution in [-0.2, 0) is 6.54 Å². The zero-order valence-electron chi connectivity index (χ0n) is 16.8. The molecule has 0 amide bonds. The standard InChI is InChI=1S/C23H22Cl2N4O/c1-28(2)12-13-30-19-9-6-16(7-10-19)22-20-4-3-11-26-23(20)29(27-22)15-17-5-8-18(24)14-21(17)25/h3-11,14H,12-13,15H2,1-2H3. The molecule has 0 aliphatic carbocycles. The van der Waals surface area contributed by atoms with Gasteiger partial charge >= 0.3 is 0 Å². The maximum absolute atomic E-state index is 6.37. The fraction of sp³-hybridized carbons (Fsp3) is 0.217. The molecule has 0 spiro atoms. The number of pyridine rings is 1. The number of hydrogen-bond donors (Lipinski definition) is 0. The third kappa shape index (κ3) is 4.59. The number of likely N-dealkylation sites (N-methyl/N-ethyl adjacent to an activating group) is 1. The average molecular weight is 441 g/mol. The number of ether oxygens (including phenoxy) is 1. The van der Waals surface area contributed by atoms with E-state index in [2.05, 4.69) is 9.88 Å². The number of halogens is 2. The molecule has 0 aliphatic heterocycles. The Labute approximate surface area is 185 Å². The Kier molecular flexibility index (Phi) is 6.23. The first-order valence-electron chi connectivity index (χ1n) is 9.64. The van der Waals surface area contributed by atoms with Crippen LogP contribution in [0.5, 0.6) is 5.75 Å². The molecular formula is C23H22Cl2N4O. The van der Waals surface area contributed by atoms with Gasteiger partial charge in [-0.05, 0) is 68.2 Å². The first-order valence-corrected chi connectivity index (χ1v) is 10.4. The molecule has 0 aliphatic rings. The Hall–Kier alpha value is -2.60. The van der Waals surface area contributed by atoms with Crippen molar-refractivity contribution in [3.05, 3.63) is 76.4 Å². The lowest BCUT2D eigenvalue weighted by Crippen LogP contribution is -2.19. The molecule has 4 aromatic rings. The van der Waals surface area contributed by atoms with Crippen LogP contribution >= 0.6 is 23.2 Å². The van der Waals surface area contributed by atoms with E-state index >= 15 is 0 Å². The second kappa shape index (κ2) is 9.04. The fourth-order valence-electron chi connectivity index (χ4n) is 3.20. The normalized spacial score (nSPS) is 11.4. The number of hydrogen-bond acceptors (Lipinski definition) is 4. The maximum atomic E-state index is 6.37. The molecule has 2 aromatic heterocycles. The maximum Gasteiger partial charge on any atom is 0.158 e. The summed E-state index contributed by atoms with van der Waals surface area (Å²) in [6.07, 6.45) is 1.77. The molecule has 7 heteroatoms. The molecule has 0 unspecified atom stereocenters. The Morgan fingerprint density at radius 1 is 1.03 bits per heavy atom. The van der Waals surface area contributed by atoms with Crippen molar-refractivity contribution in [3.8, 4) is 17.0 Å². The molecule has 2 aromatic carbocycles. The van der Waals surface area contributed by atoms with E-state index in [-0.39, 0.29) is 0 Å². The Bertz CT molecular complexity index is 1160. The van der Waals surface area contributed by atoms with Crippen molar-refractivity contribution in [2.24, 2.45) is 0 Å². The van der Waals surface area contributed by atoms with Crippen LogP contribution in [-0.4, -0.2) is 46.9 Å². The Morgan fingerprint density at radius 2 is 1.83 bits per heavy atom. The summed E-state index contributed by atoms with van der Waals surface area (Å²) in [7, 11) is 4.05. The van der Waals surface area contributed by atoms with Crippen LogP contribution in [0.25, 0.3) is 22.3 Å². The molecule has 0 radical (unpaired) electrons. The number of aromatic nitrogens is 3. The Balaban J connectivity index is 1.63. The van der Waals surface area contributed by atoms with Gasteiger partial charge in [-0.2, -0.15) is 5.10 Å². The van der Waals surface area contributed by atoms with Gasteiger partial charge in [0.2, 0.25) is 0 Å². The number of rotatable bonds is 7. The van der Waals surface area contributed by atoms with E-state index < -0.39 is 0 Å². The summed E-state index contributed by atoms with van der Waals surface area (Å²) < 4.78 is 7.67. The minimum atomic E-state index is 0.509. The second-order valence-corrected chi connectivity index (χ2v) is 8.14.